The molecular formula is C11H13N3O2S. The molecule has 0 saturated heterocycles. The summed E-state index contributed by atoms with van der Waals surface area (Å²) in [4.78, 5) is 12.7. The molecule has 0 unspecified atom stereocenters. The van der Waals surface area contributed by atoms with Gasteiger partial charge in [0.15, 0.2) is 5.82 Å². The van der Waals surface area contributed by atoms with Crippen LogP contribution in [0.15, 0.2) is 28.1 Å². The number of hydrogen-bond acceptors (Lipinski definition) is 5. The molecule has 90 valence electrons. The Hall–Kier alpha value is -1.66. The van der Waals surface area contributed by atoms with Crippen LogP contribution in [-0.2, 0) is 11.3 Å². The minimum Gasteiger partial charge on any atom is -0.360 e. The molecule has 2 aromatic rings. The number of carbonyl (C=O) groups excluding carboxylic acids is 1. The first-order valence-electron chi connectivity index (χ1n) is 5.20. The smallest absolute Gasteiger partial charge is 0.239 e. The Morgan fingerprint density at radius 1 is 1.59 bits per heavy atom. The third-order valence-corrected chi connectivity index (χ3v) is 2.94. The predicted molar refractivity (Wildman–Crippen MR) is 65.9 cm³/mol. The van der Waals surface area contributed by atoms with Gasteiger partial charge in [-0.05, 0) is 18.4 Å². The first-order valence-corrected chi connectivity index (χ1v) is 6.08. The summed E-state index contributed by atoms with van der Waals surface area (Å²) < 4.78 is 4.85. The molecule has 0 saturated carbocycles. The number of aromatic nitrogens is 1. The summed E-state index contributed by atoms with van der Waals surface area (Å²) in [5.74, 6) is 0.993. The van der Waals surface area contributed by atoms with Crippen molar-refractivity contribution in [3.8, 4) is 0 Å². The maximum atomic E-state index is 11.5. The van der Waals surface area contributed by atoms with Crippen molar-refractivity contribution in [3.05, 3.63) is 34.2 Å². The van der Waals surface area contributed by atoms with E-state index in [1.54, 1.807) is 24.3 Å². The van der Waals surface area contributed by atoms with Gasteiger partial charge in [0.2, 0.25) is 5.91 Å². The SMILES string of the molecule is Cc1cc(NC(=O)CNCc2cccs2)no1. The van der Waals surface area contributed by atoms with Crippen LogP contribution in [0.25, 0.3) is 0 Å². The van der Waals surface area contributed by atoms with Crippen LogP contribution in [0.5, 0.6) is 0 Å². The Labute approximate surface area is 103 Å². The van der Waals surface area contributed by atoms with Crippen LogP contribution in [0.2, 0.25) is 0 Å². The predicted octanol–water partition coefficient (Wildman–Crippen LogP) is 1.77. The second-order valence-electron chi connectivity index (χ2n) is 3.55. The average Bonchev–Trinajstić information content (AvgIpc) is 2.90. The zero-order valence-corrected chi connectivity index (χ0v) is 10.2. The summed E-state index contributed by atoms with van der Waals surface area (Å²) in [5, 5.41) is 11.4. The fraction of sp³-hybridized carbons (Fsp3) is 0.273. The first-order chi connectivity index (χ1) is 8.24. The lowest BCUT2D eigenvalue weighted by Gasteiger charge is -2.02. The number of nitrogens with one attached hydrogen (secondary N) is 2. The van der Waals surface area contributed by atoms with Crippen LogP contribution in [-0.4, -0.2) is 17.6 Å². The molecule has 2 rings (SSSR count). The molecule has 2 N–H and O–H groups in total. The number of rotatable bonds is 5. The quantitative estimate of drug-likeness (QED) is 0.850. The highest BCUT2D eigenvalue weighted by Gasteiger charge is 2.05. The van der Waals surface area contributed by atoms with E-state index in [-0.39, 0.29) is 12.5 Å². The molecule has 0 atom stereocenters. The lowest BCUT2D eigenvalue weighted by Crippen LogP contribution is -2.27. The van der Waals surface area contributed by atoms with Gasteiger partial charge in [-0.1, -0.05) is 11.2 Å². The van der Waals surface area contributed by atoms with E-state index in [0.29, 0.717) is 18.1 Å². The third-order valence-electron chi connectivity index (χ3n) is 2.06. The lowest BCUT2D eigenvalue weighted by atomic mass is 10.4. The summed E-state index contributed by atoms with van der Waals surface area (Å²) in [5.41, 5.74) is 0. The van der Waals surface area contributed by atoms with E-state index in [0.717, 1.165) is 0 Å². The van der Waals surface area contributed by atoms with Crippen LogP contribution < -0.4 is 10.6 Å². The highest BCUT2D eigenvalue weighted by atomic mass is 32.1. The minimum atomic E-state index is -0.130. The summed E-state index contributed by atoms with van der Waals surface area (Å²) in [6.45, 7) is 2.73. The standard InChI is InChI=1S/C11H13N3O2S/c1-8-5-10(14-16-8)13-11(15)7-12-6-9-3-2-4-17-9/h2-5,12H,6-7H2,1H3,(H,13,14,15). The molecule has 2 aromatic heterocycles. The molecule has 1 amide bonds. The van der Waals surface area contributed by atoms with E-state index in [1.165, 1.54) is 4.88 Å². The van der Waals surface area contributed by atoms with Crippen molar-refractivity contribution in [2.75, 3.05) is 11.9 Å². The zero-order valence-electron chi connectivity index (χ0n) is 9.40. The summed E-state index contributed by atoms with van der Waals surface area (Å²) >= 11 is 1.66. The lowest BCUT2D eigenvalue weighted by molar-refractivity contribution is -0.115. The molecule has 0 fully saturated rings. The first kappa shape index (κ1) is 11.8. The second-order valence-corrected chi connectivity index (χ2v) is 4.59. The minimum absolute atomic E-state index is 0.130. The summed E-state index contributed by atoms with van der Waals surface area (Å²) in [6, 6.07) is 5.69. The van der Waals surface area contributed by atoms with Gasteiger partial charge in [-0.25, -0.2) is 0 Å². The molecule has 0 bridgehead atoms. The molecule has 0 aliphatic heterocycles. The maximum Gasteiger partial charge on any atom is 0.239 e. The zero-order chi connectivity index (χ0) is 12.1. The van der Waals surface area contributed by atoms with Crippen molar-refractivity contribution in [1.82, 2.24) is 10.5 Å². The number of aryl methyl sites for hydroxylation is 1. The molecule has 2 heterocycles. The van der Waals surface area contributed by atoms with E-state index in [4.69, 9.17) is 4.52 Å². The van der Waals surface area contributed by atoms with E-state index < -0.39 is 0 Å². The van der Waals surface area contributed by atoms with E-state index >= 15 is 0 Å². The van der Waals surface area contributed by atoms with Crippen LogP contribution in [0.3, 0.4) is 0 Å². The van der Waals surface area contributed by atoms with Gasteiger partial charge in [-0.2, -0.15) is 0 Å². The summed E-state index contributed by atoms with van der Waals surface area (Å²) in [6.07, 6.45) is 0. The molecule has 0 aliphatic rings. The molecule has 0 aliphatic carbocycles. The molecule has 5 nitrogen and oxygen atoms in total. The molecule has 0 aromatic carbocycles. The molecule has 17 heavy (non-hydrogen) atoms. The average molecular weight is 251 g/mol. The molecule has 0 radical (unpaired) electrons. The Morgan fingerprint density at radius 3 is 3.12 bits per heavy atom. The Balaban J connectivity index is 1.71. The van der Waals surface area contributed by atoms with Crippen molar-refractivity contribution in [2.45, 2.75) is 13.5 Å². The Bertz CT molecular complexity index is 479. The number of thiophene rings is 1. The molecular weight excluding hydrogens is 238 g/mol. The Morgan fingerprint density at radius 2 is 2.47 bits per heavy atom. The van der Waals surface area contributed by atoms with Gasteiger partial charge in [0.05, 0.1) is 6.54 Å². The fourth-order valence-corrected chi connectivity index (χ4v) is 2.00. The van der Waals surface area contributed by atoms with Gasteiger partial charge in [-0.3, -0.25) is 4.79 Å². The van der Waals surface area contributed by atoms with Crippen LogP contribution in [0, 0.1) is 6.92 Å². The van der Waals surface area contributed by atoms with Crippen molar-refractivity contribution in [1.29, 1.82) is 0 Å². The van der Waals surface area contributed by atoms with Crippen molar-refractivity contribution >= 4 is 23.1 Å². The van der Waals surface area contributed by atoms with Crippen molar-refractivity contribution in [3.63, 3.8) is 0 Å². The van der Waals surface area contributed by atoms with E-state index in [2.05, 4.69) is 15.8 Å². The van der Waals surface area contributed by atoms with E-state index in [9.17, 15) is 4.79 Å². The second kappa shape index (κ2) is 5.60. The maximum absolute atomic E-state index is 11.5. The van der Waals surface area contributed by atoms with Crippen LogP contribution in [0.1, 0.15) is 10.6 Å². The van der Waals surface area contributed by atoms with Crippen molar-refractivity contribution < 1.29 is 9.32 Å². The van der Waals surface area contributed by atoms with Gasteiger partial charge in [0.25, 0.3) is 0 Å². The highest BCUT2D eigenvalue weighted by Crippen LogP contribution is 2.08. The fourth-order valence-electron chi connectivity index (χ4n) is 1.32. The number of amides is 1. The van der Waals surface area contributed by atoms with Crippen LogP contribution in [0.4, 0.5) is 5.82 Å². The number of anilines is 1. The Kier molecular flexibility index (Phi) is 3.89. The van der Waals surface area contributed by atoms with Crippen LogP contribution >= 0.6 is 11.3 Å². The van der Waals surface area contributed by atoms with Gasteiger partial charge < -0.3 is 15.2 Å². The summed E-state index contributed by atoms with van der Waals surface area (Å²) in [7, 11) is 0. The highest BCUT2D eigenvalue weighted by molar-refractivity contribution is 7.09. The van der Waals surface area contributed by atoms with Gasteiger partial charge in [-0.15, -0.1) is 11.3 Å². The van der Waals surface area contributed by atoms with Gasteiger partial charge in [0, 0.05) is 17.5 Å². The largest absolute Gasteiger partial charge is 0.360 e. The van der Waals surface area contributed by atoms with Crippen molar-refractivity contribution in [2.24, 2.45) is 0 Å². The number of carbonyl (C=O) groups is 1. The number of hydrogen-bond donors (Lipinski definition) is 2. The molecule has 6 heteroatoms. The third kappa shape index (κ3) is 3.69. The van der Waals surface area contributed by atoms with Gasteiger partial charge in [0.1, 0.15) is 5.76 Å². The monoisotopic (exact) mass is 251 g/mol. The van der Waals surface area contributed by atoms with E-state index in [1.807, 2.05) is 17.5 Å². The number of nitrogens with zero attached hydrogens (tertiary/aromatic N) is 1. The molecule has 0 spiro atoms. The topological polar surface area (TPSA) is 67.2 Å². The van der Waals surface area contributed by atoms with Gasteiger partial charge >= 0.3 is 0 Å². The normalized spacial score (nSPS) is 10.4.